The number of hydrogen-bond donors (Lipinski definition) is 0. The average Bonchev–Trinajstić information content (AvgIpc) is 2.22. The van der Waals surface area contributed by atoms with Gasteiger partial charge in [0.05, 0.1) is 13.2 Å². The third-order valence-electron chi connectivity index (χ3n) is 2.19. The number of Topliss-reactive ketones (excluding diaryl/α,β-unsaturated/α-hetero) is 1. The van der Waals surface area contributed by atoms with Crippen LogP contribution < -0.4 is 0 Å². The van der Waals surface area contributed by atoms with Gasteiger partial charge < -0.3 is 9.47 Å². The van der Waals surface area contributed by atoms with Gasteiger partial charge in [0.15, 0.2) is 0 Å². The van der Waals surface area contributed by atoms with Crippen LogP contribution in [0.4, 0.5) is 0 Å². The summed E-state index contributed by atoms with van der Waals surface area (Å²) in [7, 11) is 1.59. The topological polar surface area (TPSA) is 52.6 Å². The third-order valence-corrected chi connectivity index (χ3v) is 2.19. The number of ether oxygens (including phenoxy) is 2. The van der Waals surface area contributed by atoms with Crippen molar-refractivity contribution < 1.29 is 19.1 Å². The van der Waals surface area contributed by atoms with E-state index in [0.29, 0.717) is 19.6 Å². The SMILES string of the molecule is CCOC(=O)C(C/C(C)=C\COC)C(C)=O. The lowest BCUT2D eigenvalue weighted by atomic mass is 9.96. The van der Waals surface area contributed by atoms with E-state index in [0.717, 1.165) is 5.57 Å². The third kappa shape index (κ3) is 5.66. The number of carbonyl (C=O) groups excluding carboxylic acids is 2. The molecule has 1 atom stereocenters. The Balaban J connectivity index is 4.45. The van der Waals surface area contributed by atoms with Crippen molar-refractivity contribution in [1.29, 1.82) is 0 Å². The van der Waals surface area contributed by atoms with Gasteiger partial charge in [-0.15, -0.1) is 0 Å². The molecule has 4 heteroatoms. The Hall–Kier alpha value is -1.16. The molecule has 0 aliphatic carbocycles. The van der Waals surface area contributed by atoms with Crippen LogP contribution >= 0.6 is 0 Å². The first-order valence-electron chi connectivity index (χ1n) is 5.34. The van der Waals surface area contributed by atoms with Crippen molar-refractivity contribution in [1.82, 2.24) is 0 Å². The fourth-order valence-corrected chi connectivity index (χ4v) is 1.27. The number of rotatable bonds is 7. The van der Waals surface area contributed by atoms with Gasteiger partial charge in [0.2, 0.25) is 0 Å². The second-order valence-corrected chi connectivity index (χ2v) is 3.63. The molecule has 0 saturated heterocycles. The molecule has 0 amide bonds. The van der Waals surface area contributed by atoms with Gasteiger partial charge in [-0.25, -0.2) is 0 Å². The van der Waals surface area contributed by atoms with E-state index in [2.05, 4.69) is 0 Å². The molecule has 16 heavy (non-hydrogen) atoms. The molecule has 0 aromatic heterocycles. The average molecular weight is 228 g/mol. The summed E-state index contributed by atoms with van der Waals surface area (Å²) < 4.78 is 9.74. The summed E-state index contributed by atoms with van der Waals surface area (Å²) in [5, 5.41) is 0. The molecule has 0 aliphatic heterocycles. The quantitative estimate of drug-likeness (QED) is 0.378. The smallest absolute Gasteiger partial charge is 0.316 e. The lowest BCUT2D eigenvalue weighted by Crippen LogP contribution is -2.24. The summed E-state index contributed by atoms with van der Waals surface area (Å²) in [6, 6.07) is 0. The van der Waals surface area contributed by atoms with Crippen LogP contribution in [0.15, 0.2) is 11.6 Å². The number of hydrogen-bond acceptors (Lipinski definition) is 4. The number of esters is 1. The van der Waals surface area contributed by atoms with Crippen LogP contribution in [0.2, 0.25) is 0 Å². The first-order valence-corrected chi connectivity index (χ1v) is 5.34. The highest BCUT2D eigenvalue weighted by molar-refractivity contribution is 5.97. The molecule has 0 saturated carbocycles. The molecule has 0 aromatic rings. The highest BCUT2D eigenvalue weighted by atomic mass is 16.5. The molecule has 0 bridgehead atoms. The van der Waals surface area contributed by atoms with Crippen LogP contribution in [-0.4, -0.2) is 32.1 Å². The van der Waals surface area contributed by atoms with Crippen molar-refractivity contribution in [3.8, 4) is 0 Å². The zero-order chi connectivity index (χ0) is 12.6. The van der Waals surface area contributed by atoms with Gasteiger partial charge in [-0.05, 0) is 27.2 Å². The van der Waals surface area contributed by atoms with Crippen molar-refractivity contribution in [2.24, 2.45) is 5.92 Å². The van der Waals surface area contributed by atoms with E-state index in [1.54, 1.807) is 14.0 Å². The highest BCUT2D eigenvalue weighted by Gasteiger charge is 2.24. The minimum Gasteiger partial charge on any atom is -0.465 e. The van der Waals surface area contributed by atoms with Crippen LogP contribution in [0.1, 0.15) is 27.2 Å². The Morgan fingerprint density at radius 3 is 2.38 bits per heavy atom. The molecule has 0 radical (unpaired) electrons. The molecule has 0 fully saturated rings. The molecule has 0 spiro atoms. The van der Waals surface area contributed by atoms with Crippen LogP contribution in [-0.2, 0) is 19.1 Å². The van der Waals surface area contributed by atoms with E-state index in [9.17, 15) is 9.59 Å². The van der Waals surface area contributed by atoms with Gasteiger partial charge >= 0.3 is 5.97 Å². The summed E-state index contributed by atoms with van der Waals surface area (Å²) in [4.78, 5) is 22.8. The zero-order valence-electron chi connectivity index (χ0n) is 10.4. The molecular weight excluding hydrogens is 208 g/mol. The van der Waals surface area contributed by atoms with Crippen LogP contribution in [0.5, 0.6) is 0 Å². The molecule has 1 unspecified atom stereocenters. The maximum Gasteiger partial charge on any atom is 0.316 e. The van der Waals surface area contributed by atoms with Crippen molar-refractivity contribution in [2.75, 3.05) is 20.3 Å². The maximum atomic E-state index is 11.5. The standard InChI is InChI=1S/C12H20O4/c1-5-16-12(14)11(10(3)13)8-9(2)6-7-15-4/h6,11H,5,7-8H2,1-4H3/b9-6-. The van der Waals surface area contributed by atoms with Crippen molar-refractivity contribution >= 4 is 11.8 Å². The van der Waals surface area contributed by atoms with E-state index in [1.807, 2.05) is 13.0 Å². The highest BCUT2D eigenvalue weighted by Crippen LogP contribution is 2.14. The zero-order valence-corrected chi connectivity index (χ0v) is 10.4. The lowest BCUT2D eigenvalue weighted by Gasteiger charge is -2.12. The second-order valence-electron chi connectivity index (χ2n) is 3.63. The maximum absolute atomic E-state index is 11.5. The molecule has 0 rings (SSSR count). The van der Waals surface area contributed by atoms with Gasteiger partial charge in [0, 0.05) is 7.11 Å². The first-order chi connectivity index (χ1) is 7.52. The fourth-order valence-electron chi connectivity index (χ4n) is 1.27. The number of allylic oxidation sites excluding steroid dienone is 1. The minimum atomic E-state index is -0.687. The molecule has 92 valence electrons. The number of methoxy groups -OCH3 is 1. The van der Waals surface area contributed by atoms with Crippen LogP contribution in [0.3, 0.4) is 0 Å². The van der Waals surface area contributed by atoms with Crippen molar-refractivity contribution in [2.45, 2.75) is 27.2 Å². The van der Waals surface area contributed by atoms with E-state index >= 15 is 0 Å². The molecule has 0 aliphatic rings. The molecule has 0 N–H and O–H groups in total. The van der Waals surface area contributed by atoms with Crippen LogP contribution in [0, 0.1) is 5.92 Å². The summed E-state index contributed by atoms with van der Waals surface area (Å²) >= 11 is 0. The van der Waals surface area contributed by atoms with Gasteiger partial charge in [0.25, 0.3) is 0 Å². The predicted octanol–water partition coefficient (Wildman–Crippen LogP) is 1.74. The largest absolute Gasteiger partial charge is 0.465 e. The van der Waals surface area contributed by atoms with E-state index in [1.165, 1.54) is 6.92 Å². The molecule has 0 heterocycles. The second kappa shape index (κ2) is 8.05. The summed E-state index contributed by atoms with van der Waals surface area (Å²) in [5.41, 5.74) is 0.954. The fraction of sp³-hybridized carbons (Fsp3) is 0.667. The Kier molecular flexibility index (Phi) is 7.46. The number of carbonyl (C=O) groups is 2. The summed E-state index contributed by atoms with van der Waals surface area (Å²) in [5.74, 6) is -1.29. The Morgan fingerprint density at radius 2 is 1.94 bits per heavy atom. The Labute approximate surface area is 96.6 Å². The Bertz CT molecular complexity index is 268. The van der Waals surface area contributed by atoms with Crippen molar-refractivity contribution in [3.05, 3.63) is 11.6 Å². The van der Waals surface area contributed by atoms with E-state index in [-0.39, 0.29) is 5.78 Å². The number of ketones is 1. The van der Waals surface area contributed by atoms with E-state index in [4.69, 9.17) is 9.47 Å². The van der Waals surface area contributed by atoms with E-state index < -0.39 is 11.9 Å². The van der Waals surface area contributed by atoms with Crippen molar-refractivity contribution in [3.63, 3.8) is 0 Å². The van der Waals surface area contributed by atoms with Gasteiger partial charge in [-0.1, -0.05) is 11.6 Å². The normalized spacial score (nSPS) is 13.4. The van der Waals surface area contributed by atoms with Gasteiger partial charge in [-0.2, -0.15) is 0 Å². The monoisotopic (exact) mass is 228 g/mol. The minimum absolute atomic E-state index is 0.163. The summed E-state index contributed by atoms with van der Waals surface area (Å²) in [6.45, 7) is 5.78. The predicted molar refractivity (Wildman–Crippen MR) is 61.1 cm³/mol. The lowest BCUT2D eigenvalue weighted by molar-refractivity contribution is -0.151. The molecule has 4 nitrogen and oxygen atoms in total. The van der Waals surface area contributed by atoms with Crippen LogP contribution in [0.25, 0.3) is 0 Å². The molecular formula is C12H20O4. The first kappa shape index (κ1) is 14.8. The van der Waals surface area contributed by atoms with Gasteiger partial charge in [-0.3, -0.25) is 9.59 Å². The van der Waals surface area contributed by atoms with Gasteiger partial charge in [0.1, 0.15) is 11.7 Å². The molecule has 0 aromatic carbocycles. The Morgan fingerprint density at radius 1 is 1.31 bits per heavy atom. The summed E-state index contributed by atoms with van der Waals surface area (Å²) in [6.07, 6.45) is 2.26.